The van der Waals surface area contributed by atoms with Crippen molar-refractivity contribution in [2.45, 2.75) is 25.4 Å². The Morgan fingerprint density at radius 1 is 1.12 bits per heavy atom. The fourth-order valence-corrected chi connectivity index (χ4v) is 3.63. The van der Waals surface area contributed by atoms with E-state index in [-0.39, 0.29) is 17.1 Å². The molecule has 5 heteroatoms. The fourth-order valence-electron chi connectivity index (χ4n) is 3.63. The summed E-state index contributed by atoms with van der Waals surface area (Å²) in [5.74, 6) is -0.448. The van der Waals surface area contributed by atoms with Crippen molar-refractivity contribution in [2.75, 3.05) is 13.1 Å². The molecule has 1 unspecified atom stereocenters. The number of halogens is 1. The second kappa shape index (κ2) is 6.76. The van der Waals surface area contributed by atoms with Crippen LogP contribution in [0.2, 0.25) is 0 Å². The van der Waals surface area contributed by atoms with E-state index < -0.39 is 5.82 Å². The summed E-state index contributed by atoms with van der Waals surface area (Å²) in [7, 11) is 0. The van der Waals surface area contributed by atoms with Gasteiger partial charge in [0.2, 0.25) is 0 Å². The standard InChI is InChI=1S/C20H20FN3O/c21-18-10-4-9-17-19(18)22-14-24(20(17)25)16-8-5-11-23(13-16)12-15-6-2-1-3-7-15/h1-4,6-7,9-10,14,16H,5,8,11-13H2. The van der Waals surface area contributed by atoms with Crippen molar-refractivity contribution in [3.63, 3.8) is 0 Å². The van der Waals surface area contributed by atoms with Gasteiger partial charge in [-0.2, -0.15) is 0 Å². The highest BCUT2D eigenvalue weighted by atomic mass is 19.1. The molecule has 0 aliphatic carbocycles. The number of fused-ring (bicyclic) bond motifs is 1. The molecule has 0 spiro atoms. The molecule has 0 radical (unpaired) electrons. The minimum Gasteiger partial charge on any atom is -0.297 e. The predicted molar refractivity (Wildman–Crippen MR) is 96.0 cm³/mol. The lowest BCUT2D eigenvalue weighted by Gasteiger charge is -2.33. The first-order valence-electron chi connectivity index (χ1n) is 8.64. The highest BCUT2D eigenvalue weighted by Gasteiger charge is 2.23. The van der Waals surface area contributed by atoms with Gasteiger partial charge in [-0.15, -0.1) is 0 Å². The monoisotopic (exact) mass is 337 g/mol. The van der Waals surface area contributed by atoms with E-state index in [2.05, 4.69) is 22.0 Å². The Bertz CT molecular complexity index is 939. The Labute approximate surface area is 145 Å². The van der Waals surface area contributed by atoms with Gasteiger partial charge in [0.15, 0.2) is 0 Å². The maximum Gasteiger partial charge on any atom is 0.261 e. The van der Waals surface area contributed by atoms with Crippen LogP contribution in [0.25, 0.3) is 10.9 Å². The van der Waals surface area contributed by atoms with Gasteiger partial charge >= 0.3 is 0 Å². The summed E-state index contributed by atoms with van der Waals surface area (Å²) in [6.07, 6.45) is 3.48. The zero-order valence-electron chi connectivity index (χ0n) is 13.9. The summed E-state index contributed by atoms with van der Waals surface area (Å²) in [5, 5.41) is 0.350. The zero-order valence-corrected chi connectivity index (χ0v) is 13.9. The summed E-state index contributed by atoms with van der Waals surface area (Å²) in [6.45, 7) is 2.70. The Kier molecular flexibility index (Phi) is 4.32. The quantitative estimate of drug-likeness (QED) is 0.735. The van der Waals surface area contributed by atoms with E-state index in [0.717, 1.165) is 32.5 Å². The first-order valence-corrected chi connectivity index (χ1v) is 8.64. The van der Waals surface area contributed by atoms with Gasteiger partial charge < -0.3 is 0 Å². The smallest absolute Gasteiger partial charge is 0.261 e. The van der Waals surface area contributed by atoms with Crippen molar-refractivity contribution >= 4 is 10.9 Å². The zero-order chi connectivity index (χ0) is 17.2. The number of piperidine rings is 1. The molecule has 1 aliphatic heterocycles. The molecular formula is C20H20FN3O. The molecule has 4 nitrogen and oxygen atoms in total. The highest BCUT2D eigenvalue weighted by molar-refractivity contribution is 5.77. The van der Waals surface area contributed by atoms with Gasteiger partial charge in [-0.05, 0) is 37.1 Å². The lowest BCUT2D eigenvalue weighted by molar-refractivity contribution is 0.168. The van der Waals surface area contributed by atoms with Gasteiger partial charge in [0.25, 0.3) is 5.56 Å². The highest BCUT2D eigenvalue weighted by Crippen LogP contribution is 2.22. The van der Waals surface area contributed by atoms with Crippen molar-refractivity contribution in [3.8, 4) is 0 Å². The molecule has 128 valence electrons. The summed E-state index contributed by atoms with van der Waals surface area (Å²) in [5.41, 5.74) is 1.27. The molecule has 1 saturated heterocycles. The molecule has 1 aliphatic rings. The largest absolute Gasteiger partial charge is 0.297 e. The van der Waals surface area contributed by atoms with Crippen LogP contribution in [0.15, 0.2) is 59.7 Å². The third kappa shape index (κ3) is 3.20. The minimum absolute atomic E-state index is 0.0742. The van der Waals surface area contributed by atoms with Crippen LogP contribution in [-0.4, -0.2) is 27.5 Å². The van der Waals surface area contributed by atoms with Gasteiger partial charge in [0.05, 0.1) is 17.8 Å². The molecular weight excluding hydrogens is 317 g/mol. The van der Waals surface area contributed by atoms with Crippen LogP contribution in [-0.2, 0) is 6.54 Å². The fraction of sp³-hybridized carbons (Fsp3) is 0.300. The number of benzene rings is 2. The van der Waals surface area contributed by atoms with Gasteiger partial charge in [-0.25, -0.2) is 9.37 Å². The molecule has 2 aromatic carbocycles. The van der Waals surface area contributed by atoms with Crippen LogP contribution in [0.3, 0.4) is 0 Å². The van der Waals surface area contributed by atoms with Crippen molar-refractivity contribution in [1.82, 2.24) is 14.5 Å². The van der Waals surface area contributed by atoms with Crippen LogP contribution in [0.4, 0.5) is 4.39 Å². The molecule has 25 heavy (non-hydrogen) atoms. The summed E-state index contributed by atoms with van der Waals surface area (Å²) >= 11 is 0. The van der Waals surface area contributed by atoms with Crippen molar-refractivity contribution in [1.29, 1.82) is 0 Å². The molecule has 3 aromatic rings. The number of nitrogens with zero attached hydrogens (tertiary/aromatic N) is 3. The van der Waals surface area contributed by atoms with E-state index in [4.69, 9.17) is 0 Å². The number of para-hydroxylation sites is 1. The Balaban J connectivity index is 1.60. The Morgan fingerprint density at radius 3 is 2.80 bits per heavy atom. The van der Waals surface area contributed by atoms with E-state index in [1.807, 2.05) is 18.2 Å². The van der Waals surface area contributed by atoms with Gasteiger partial charge in [0, 0.05) is 13.1 Å². The average Bonchev–Trinajstić information content (AvgIpc) is 2.64. The molecule has 2 heterocycles. The third-order valence-corrected chi connectivity index (χ3v) is 4.89. The first kappa shape index (κ1) is 16.0. The second-order valence-electron chi connectivity index (χ2n) is 6.61. The molecule has 0 N–H and O–H groups in total. The first-order chi connectivity index (χ1) is 12.2. The Hall–Kier alpha value is -2.53. The molecule has 0 saturated carbocycles. The van der Waals surface area contributed by atoms with Gasteiger partial charge in [-0.3, -0.25) is 14.3 Å². The predicted octanol–water partition coefficient (Wildman–Crippen LogP) is 3.37. The summed E-state index contributed by atoms with van der Waals surface area (Å²) in [4.78, 5) is 19.3. The average molecular weight is 337 g/mol. The molecule has 4 rings (SSSR count). The van der Waals surface area contributed by atoms with Crippen LogP contribution in [0, 0.1) is 5.82 Å². The number of likely N-dealkylation sites (tertiary alicyclic amines) is 1. The van der Waals surface area contributed by atoms with Crippen molar-refractivity contribution < 1.29 is 4.39 Å². The number of rotatable bonds is 3. The maximum absolute atomic E-state index is 13.8. The molecule has 0 amide bonds. The SMILES string of the molecule is O=c1c2cccc(F)c2ncn1C1CCCN(Cc2ccccc2)C1. The van der Waals surface area contributed by atoms with Crippen LogP contribution in [0.5, 0.6) is 0 Å². The lowest BCUT2D eigenvalue weighted by atomic mass is 10.0. The van der Waals surface area contributed by atoms with E-state index in [1.165, 1.54) is 18.0 Å². The van der Waals surface area contributed by atoms with Gasteiger partial charge in [0.1, 0.15) is 11.3 Å². The number of hydrogen-bond acceptors (Lipinski definition) is 3. The molecule has 0 bridgehead atoms. The summed E-state index contributed by atoms with van der Waals surface area (Å²) < 4.78 is 15.5. The topological polar surface area (TPSA) is 38.1 Å². The van der Waals surface area contributed by atoms with E-state index in [0.29, 0.717) is 5.39 Å². The maximum atomic E-state index is 13.8. The molecule has 1 fully saturated rings. The van der Waals surface area contributed by atoms with E-state index in [9.17, 15) is 9.18 Å². The summed E-state index contributed by atoms with van der Waals surface area (Å²) in [6, 6.07) is 15.0. The Morgan fingerprint density at radius 2 is 1.96 bits per heavy atom. The second-order valence-corrected chi connectivity index (χ2v) is 6.61. The number of aromatic nitrogens is 2. The van der Waals surface area contributed by atoms with Crippen LogP contribution < -0.4 is 5.56 Å². The van der Waals surface area contributed by atoms with Crippen molar-refractivity contribution in [2.24, 2.45) is 0 Å². The van der Waals surface area contributed by atoms with Crippen LogP contribution in [0.1, 0.15) is 24.4 Å². The van der Waals surface area contributed by atoms with E-state index in [1.54, 1.807) is 16.7 Å². The van der Waals surface area contributed by atoms with E-state index >= 15 is 0 Å². The normalized spacial score (nSPS) is 18.5. The molecule has 1 atom stereocenters. The van der Waals surface area contributed by atoms with Gasteiger partial charge in [-0.1, -0.05) is 36.4 Å². The molecule has 1 aromatic heterocycles. The number of hydrogen-bond donors (Lipinski definition) is 0. The lowest BCUT2D eigenvalue weighted by Crippen LogP contribution is -2.39. The minimum atomic E-state index is -0.448. The third-order valence-electron chi connectivity index (χ3n) is 4.89. The van der Waals surface area contributed by atoms with Crippen molar-refractivity contribution in [3.05, 3.63) is 76.6 Å². The van der Waals surface area contributed by atoms with Crippen LogP contribution >= 0.6 is 0 Å².